The van der Waals surface area contributed by atoms with Crippen molar-refractivity contribution in [2.24, 2.45) is 0 Å². The molecule has 3 heterocycles. The highest BCUT2D eigenvalue weighted by atomic mass is 19.1. The minimum absolute atomic E-state index is 0.226. The van der Waals surface area contributed by atoms with Crippen molar-refractivity contribution >= 4 is 5.91 Å². The second-order valence-electron chi connectivity index (χ2n) is 7.13. The van der Waals surface area contributed by atoms with Gasteiger partial charge in [0.2, 0.25) is 11.7 Å². The maximum Gasteiger partial charge on any atom is 0.254 e. The fourth-order valence-corrected chi connectivity index (χ4v) is 3.61. The molecule has 8 nitrogen and oxygen atoms in total. The first kappa shape index (κ1) is 18.7. The van der Waals surface area contributed by atoms with E-state index in [1.165, 1.54) is 12.1 Å². The molecular weight excluding hydrogens is 399 g/mol. The second-order valence-corrected chi connectivity index (χ2v) is 7.13. The number of amides is 1. The van der Waals surface area contributed by atoms with Crippen LogP contribution in [0.15, 0.2) is 59.4 Å². The number of aromatic amines is 1. The third kappa shape index (κ3) is 3.44. The highest BCUT2D eigenvalue weighted by molar-refractivity contribution is 5.94. The quantitative estimate of drug-likeness (QED) is 0.550. The molecule has 0 bridgehead atoms. The highest BCUT2D eigenvalue weighted by Gasteiger charge is 2.36. The number of nitrogens with zero attached hydrogens (tertiary/aromatic N) is 5. The second kappa shape index (κ2) is 7.50. The molecule has 0 unspecified atom stereocenters. The van der Waals surface area contributed by atoms with Crippen molar-refractivity contribution in [2.45, 2.75) is 19.0 Å². The molecule has 0 spiro atoms. The molecule has 152 valence electrons. The maximum atomic E-state index is 13.3. The Labute approximate surface area is 176 Å². The van der Waals surface area contributed by atoms with Crippen molar-refractivity contribution in [3.8, 4) is 17.5 Å². The van der Waals surface area contributed by atoms with Crippen LogP contribution in [-0.4, -0.2) is 30.9 Å². The van der Waals surface area contributed by atoms with Crippen molar-refractivity contribution in [1.29, 1.82) is 5.26 Å². The summed E-state index contributed by atoms with van der Waals surface area (Å²) in [6.07, 6.45) is 2.00. The number of hydrogen-bond donors (Lipinski definition) is 1. The van der Waals surface area contributed by atoms with Crippen molar-refractivity contribution in [2.75, 3.05) is 0 Å². The van der Waals surface area contributed by atoms with E-state index in [9.17, 15) is 9.18 Å². The van der Waals surface area contributed by atoms with Crippen LogP contribution in [0.4, 0.5) is 4.39 Å². The van der Waals surface area contributed by atoms with Gasteiger partial charge in [-0.15, -0.1) is 0 Å². The van der Waals surface area contributed by atoms with Crippen molar-refractivity contribution in [3.05, 3.63) is 89.1 Å². The summed E-state index contributed by atoms with van der Waals surface area (Å²) >= 11 is 0. The molecule has 2 aromatic carbocycles. The maximum absolute atomic E-state index is 13.3. The number of carbonyl (C=O) groups is 1. The fraction of sp³-hybridized carbons (Fsp3) is 0.136. The summed E-state index contributed by atoms with van der Waals surface area (Å²) in [4.78, 5) is 26.8. The highest BCUT2D eigenvalue weighted by Crippen LogP contribution is 2.33. The van der Waals surface area contributed by atoms with Crippen LogP contribution < -0.4 is 0 Å². The molecule has 1 amide bonds. The van der Waals surface area contributed by atoms with E-state index in [1.54, 1.807) is 47.6 Å². The van der Waals surface area contributed by atoms with Crippen LogP contribution >= 0.6 is 0 Å². The van der Waals surface area contributed by atoms with Gasteiger partial charge >= 0.3 is 0 Å². The van der Waals surface area contributed by atoms with Gasteiger partial charge in [-0.05, 0) is 48.5 Å². The topological polar surface area (TPSA) is 112 Å². The zero-order chi connectivity index (χ0) is 21.4. The van der Waals surface area contributed by atoms with Crippen molar-refractivity contribution in [3.63, 3.8) is 0 Å². The van der Waals surface area contributed by atoms with Gasteiger partial charge in [-0.25, -0.2) is 9.37 Å². The van der Waals surface area contributed by atoms with E-state index in [4.69, 9.17) is 9.78 Å². The number of imidazole rings is 1. The molecule has 31 heavy (non-hydrogen) atoms. The molecule has 1 atom stereocenters. The van der Waals surface area contributed by atoms with Crippen LogP contribution in [0.3, 0.4) is 0 Å². The van der Waals surface area contributed by atoms with Gasteiger partial charge in [0.15, 0.2) is 0 Å². The van der Waals surface area contributed by atoms with Gasteiger partial charge in [0.25, 0.3) is 5.91 Å². The Bertz CT molecular complexity index is 1290. The number of benzene rings is 2. The first-order valence-corrected chi connectivity index (χ1v) is 9.54. The van der Waals surface area contributed by atoms with E-state index in [2.05, 4.69) is 20.1 Å². The minimum atomic E-state index is -0.513. The number of aromatic nitrogens is 4. The summed E-state index contributed by atoms with van der Waals surface area (Å²) < 4.78 is 18.7. The molecule has 0 fully saturated rings. The van der Waals surface area contributed by atoms with Gasteiger partial charge in [-0.3, -0.25) is 4.79 Å². The van der Waals surface area contributed by atoms with Gasteiger partial charge in [0.1, 0.15) is 11.9 Å². The number of hydrogen-bond acceptors (Lipinski definition) is 6. The molecule has 0 aliphatic carbocycles. The third-order valence-electron chi connectivity index (χ3n) is 5.25. The first-order valence-electron chi connectivity index (χ1n) is 9.54. The lowest BCUT2D eigenvalue weighted by Gasteiger charge is -2.32. The first-order chi connectivity index (χ1) is 15.1. The van der Waals surface area contributed by atoms with Gasteiger partial charge in [0.05, 0.1) is 35.9 Å². The predicted octanol–water partition coefficient (Wildman–Crippen LogP) is 3.41. The molecule has 9 heteroatoms. The van der Waals surface area contributed by atoms with E-state index in [0.29, 0.717) is 35.5 Å². The standard InChI is InChI=1S/C22H15FN6O2/c23-16-7-5-14(6-8-16)20-27-21(31-28-20)19-9-17-18(26-12-25-17)11-29(19)22(30)15-3-1-13(10-24)2-4-15/h1-8,12,19H,9,11H2,(H,25,26)/t19-/m0/s1. The molecule has 2 aromatic heterocycles. The van der Waals surface area contributed by atoms with Crippen LogP contribution in [0.1, 0.15) is 39.2 Å². The van der Waals surface area contributed by atoms with Gasteiger partial charge in [-0.2, -0.15) is 10.2 Å². The van der Waals surface area contributed by atoms with E-state index < -0.39 is 6.04 Å². The largest absolute Gasteiger partial charge is 0.347 e. The molecule has 1 aliphatic rings. The molecule has 0 saturated heterocycles. The Morgan fingerprint density at radius 1 is 1.19 bits per heavy atom. The lowest BCUT2D eigenvalue weighted by atomic mass is 10.0. The Hall–Kier alpha value is -4.32. The summed E-state index contributed by atoms with van der Waals surface area (Å²) in [5.74, 6) is 0.00448. The summed E-state index contributed by atoms with van der Waals surface area (Å²) in [6, 6.07) is 13.8. The number of nitriles is 1. The summed E-state index contributed by atoms with van der Waals surface area (Å²) in [6.45, 7) is 0.299. The number of rotatable bonds is 3. The number of halogens is 1. The fourth-order valence-electron chi connectivity index (χ4n) is 3.61. The van der Waals surface area contributed by atoms with E-state index >= 15 is 0 Å². The molecule has 1 aliphatic heterocycles. The molecule has 1 N–H and O–H groups in total. The zero-order valence-corrected chi connectivity index (χ0v) is 16.1. The number of nitrogens with one attached hydrogen (secondary N) is 1. The van der Waals surface area contributed by atoms with Crippen molar-refractivity contribution < 1.29 is 13.7 Å². The molecule has 4 aromatic rings. The summed E-state index contributed by atoms with van der Waals surface area (Å²) in [5.41, 5.74) is 3.21. The van der Waals surface area contributed by atoms with Gasteiger partial charge in [-0.1, -0.05) is 5.16 Å². The van der Waals surface area contributed by atoms with Gasteiger partial charge in [0, 0.05) is 17.5 Å². The molecular formula is C22H15FN6O2. The monoisotopic (exact) mass is 414 g/mol. The number of H-pyrrole nitrogens is 1. The Balaban J connectivity index is 1.50. The number of fused-ring (bicyclic) bond motifs is 1. The minimum Gasteiger partial charge on any atom is -0.347 e. The average Bonchev–Trinajstić information content (AvgIpc) is 3.47. The van der Waals surface area contributed by atoms with Crippen LogP contribution in [0.25, 0.3) is 11.4 Å². The van der Waals surface area contributed by atoms with E-state index in [0.717, 1.165) is 11.4 Å². The molecule has 0 saturated carbocycles. The lowest BCUT2D eigenvalue weighted by Crippen LogP contribution is -2.39. The van der Waals surface area contributed by atoms with E-state index in [-0.39, 0.29) is 17.6 Å². The molecule has 5 rings (SSSR count). The Morgan fingerprint density at radius 2 is 1.97 bits per heavy atom. The summed E-state index contributed by atoms with van der Waals surface area (Å²) in [7, 11) is 0. The van der Waals surface area contributed by atoms with Crippen molar-refractivity contribution in [1.82, 2.24) is 25.0 Å². The van der Waals surface area contributed by atoms with Gasteiger partial charge < -0.3 is 14.4 Å². The van der Waals surface area contributed by atoms with Crippen LogP contribution in [-0.2, 0) is 13.0 Å². The predicted molar refractivity (Wildman–Crippen MR) is 106 cm³/mol. The summed E-state index contributed by atoms with van der Waals surface area (Å²) in [5, 5.41) is 13.0. The van der Waals surface area contributed by atoms with Crippen LogP contribution in [0, 0.1) is 17.1 Å². The Morgan fingerprint density at radius 3 is 2.71 bits per heavy atom. The molecule has 0 radical (unpaired) electrons. The number of carbonyl (C=O) groups excluding carboxylic acids is 1. The van der Waals surface area contributed by atoms with E-state index in [1.807, 2.05) is 6.07 Å². The Kier molecular flexibility index (Phi) is 4.52. The smallest absolute Gasteiger partial charge is 0.254 e. The zero-order valence-electron chi connectivity index (χ0n) is 16.1. The average molecular weight is 414 g/mol. The van der Waals surface area contributed by atoms with Crippen LogP contribution in [0.5, 0.6) is 0 Å². The SMILES string of the molecule is N#Cc1ccc(C(=O)N2Cc3[nH]cnc3C[C@H]2c2nc(-c3ccc(F)cc3)no2)cc1. The van der Waals surface area contributed by atoms with Crippen LogP contribution in [0.2, 0.25) is 0 Å². The third-order valence-corrected chi connectivity index (χ3v) is 5.25. The normalized spacial score (nSPS) is 15.4. The lowest BCUT2D eigenvalue weighted by molar-refractivity contribution is 0.0590.